The van der Waals surface area contributed by atoms with Crippen LogP contribution in [0.3, 0.4) is 0 Å². The van der Waals surface area contributed by atoms with E-state index in [2.05, 4.69) is 10.3 Å². The Kier molecular flexibility index (Phi) is 7.19. The average Bonchev–Trinajstić information content (AvgIpc) is 3.09. The maximum atomic E-state index is 12.3. The highest BCUT2D eigenvalue weighted by Gasteiger charge is 2.24. The number of hydrogen-bond donors (Lipinski definition) is 2. The van der Waals surface area contributed by atoms with E-state index in [-0.39, 0.29) is 5.91 Å². The number of aliphatic carboxylic acids is 1. The number of benzene rings is 2. The van der Waals surface area contributed by atoms with E-state index in [4.69, 9.17) is 19.3 Å². The molecule has 1 saturated heterocycles. The van der Waals surface area contributed by atoms with Gasteiger partial charge in [0.1, 0.15) is 5.75 Å². The lowest BCUT2D eigenvalue weighted by atomic mass is 10.2. The molecule has 2 aromatic carbocycles. The van der Waals surface area contributed by atoms with Crippen LogP contribution in [0, 0.1) is 0 Å². The SMILES string of the molecule is CCOc1ccc(N=C2NC(=O)C(=Cc3ccc(OC(C)C(=O)O)c(OC)c3)S2)cc1. The van der Waals surface area contributed by atoms with E-state index in [9.17, 15) is 9.59 Å². The summed E-state index contributed by atoms with van der Waals surface area (Å²) < 4.78 is 16.1. The lowest BCUT2D eigenvalue weighted by Crippen LogP contribution is -2.23. The fourth-order valence-electron chi connectivity index (χ4n) is 2.64. The Bertz CT molecular complexity index is 1030. The minimum atomic E-state index is -1.08. The number of nitrogens with one attached hydrogen (secondary N) is 1. The van der Waals surface area contributed by atoms with Crippen molar-refractivity contribution in [2.24, 2.45) is 4.99 Å². The Morgan fingerprint density at radius 2 is 1.97 bits per heavy atom. The zero-order valence-corrected chi connectivity index (χ0v) is 18.1. The quantitative estimate of drug-likeness (QED) is 0.598. The first-order valence-corrected chi connectivity index (χ1v) is 10.3. The lowest BCUT2D eigenvalue weighted by molar-refractivity contribution is -0.144. The zero-order chi connectivity index (χ0) is 22.4. The highest BCUT2D eigenvalue weighted by Crippen LogP contribution is 2.33. The number of nitrogens with zero attached hydrogens (tertiary/aromatic N) is 1. The molecule has 1 heterocycles. The second-order valence-electron chi connectivity index (χ2n) is 6.42. The number of rotatable bonds is 8. The molecule has 1 amide bonds. The van der Waals surface area contributed by atoms with Crippen LogP contribution in [0.1, 0.15) is 19.4 Å². The van der Waals surface area contributed by atoms with Gasteiger partial charge in [-0.15, -0.1) is 0 Å². The fourth-order valence-corrected chi connectivity index (χ4v) is 3.49. The number of amides is 1. The van der Waals surface area contributed by atoms with Gasteiger partial charge in [-0.25, -0.2) is 9.79 Å². The van der Waals surface area contributed by atoms with Crippen LogP contribution in [0.2, 0.25) is 0 Å². The summed E-state index contributed by atoms with van der Waals surface area (Å²) >= 11 is 1.22. The van der Waals surface area contributed by atoms with Crippen molar-refractivity contribution in [3.8, 4) is 17.2 Å². The van der Waals surface area contributed by atoms with Crippen LogP contribution in [0.25, 0.3) is 6.08 Å². The summed E-state index contributed by atoms with van der Waals surface area (Å²) in [4.78, 5) is 28.3. The maximum Gasteiger partial charge on any atom is 0.344 e. The number of ether oxygens (including phenoxy) is 3. The second kappa shape index (κ2) is 10.0. The zero-order valence-electron chi connectivity index (χ0n) is 17.2. The molecule has 0 aromatic heterocycles. The van der Waals surface area contributed by atoms with Gasteiger partial charge in [0.15, 0.2) is 22.8 Å². The lowest BCUT2D eigenvalue weighted by Gasteiger charge is -2.14. The number of carboxylic acids is 1. The highest BCUT2D eigenvalue weighted by atomic mass is 32.2. The molecule has 2 aromatic rings. The van der Waals surface area contributed by atoms with E-state index < -0.39 is 12.1 Å². The number of carbonyl (C=O) groups excluding carboxylic acids is 1. The molecule has 0 bridgehead atoms. The predicted molar refractivity (Wildman–Crippen MR) is 119 cm³/mol. The van der Waals surface area contributed by atoms with E-state index in [0.717, 1.165) is 5.75 Å². The molecular weight excluding hydrogens is 420 g/mol. The van der Waals surface area contributed by atoms with E-state index in [0.29, 0.717) is 39.4 Å². The van der Waals surface area contributed by atoms with Crippen LogP contribution in [0.5, 0.6) is 17.2 Å². The molecule has 8 nitrogen and oxygen atoms in total. The Balaban J connectivity index is 1.76. The van der Waals surface area contributed by atoms with Gasteiger partial charge in [-0.05, 0) is 73.6 Å². The molecule has 9 heteroatoms. The van der Waals surface area contributed by atoms with Crippen molar-refractivity contribution in [2.75, 3.05) is 13.7 Å². The molecule has 0 aliphatic carbocycles. The van der Waals surface area contributed by atoms with Crippen LogP contribution < -0.4 is 19.5 Å². The first-order chi connectivity index (χ1) is 14.9. The summed E-state index contributed by atoms with van der Waals surface area (Å²) in [6.07, 6.45) is 0.684. The molecule has 1 atom stereocenters. The van der Waals surface area contributed by atoms with Gasteiger partial charge in [-0.1, -0.05) is 6.07 Å². The number of carbonyl (C=O) groups is 2. The van der Waals surface area contributed by atoms with Gasteiger partial charge in [0.25, 0.3) is 5.91 Å². The van der Waals surface area contributed by atoms with Crippen LogP contribution >= 0.6 is 11.8 Å². The smallest absolute Gasteiger partial charge is 0.344 e. The molecule has 0 radical (unpaired) electrons. The molecule has 31 heavy (non-hydrogen) atoms. The average molecular weight is 442 g/mol. The van der Waals surface area contributed by atoms with Crippen molar-refractivity contribution in [3.63, 3.8) is 0 Å². The number of thioether (sulfide) groups is 1. The summed E-state index contributed by atoms with van der Waals surface area (Å²) in [6, 6.07) is 12.3. The molecule has 162 valence electrons. The molecule has 2 N–H and O–H groups in total. The van der Waals surface area contributed by atoms with Gasteiger partial charge >= 0.3 is 5.97 Å². The molecule has 1 unspecified atom stereocenters. The molecule has 1 fully saturated rings. The van der Waals surface area contributed by atoms with E-state index in [1.165, 1.54) is 25.8 Å². The number of aliphatic imine (C=N–C) groups is 1. The minimum Gasteiger partial charge on any atom is -0.494 e. The second-order valence-corrected chi connectivity index (χ2v) is 7.45. The topological polar surface area (TPSA) is 106 Å². The van der Waals surface area contributed by atoms with Gasteiger partial charge < -0.3 is 24.6 Å². The largest absolute Gasteiger partial charge is 0.494 e. The molecule has 0 spiro atoms. The van der Waals surface area contributed by atoms with Crippen molar-refractivity contribution >= 4 is 40.6 Å². The number of methoxy groups -OCH3 is 1. The van der Waals surface area contributed by atoms with Crippen LogP contribution in [0.4, 0.5) is 5.69 Å². The van der Waals surface area contributed by atoms with E-state index >= 15 is 0 Å². The summed E-state index contributed by atoms with van der Waals surface area (Å²) in [5, 5.41) is 12.2. The third kappa shape index (κ3) is 5.79. The summed E-state index contributed by atoms with van der Waals surface area (Å²) in [6.45, 7) is 3.94. The predicted octanol–water partition coefficient (Wildman–Crippen LogP) is 3.84. The third-order valence-corrected chi connectivity index (χ3v) is 5.08. The molecule has 1 aliphatic heterocycles. The Morgan fingerprint density at radius 3 is 2.61 bits per heavy atom. The minimum absolute atomic E-state index is 0.256. The Morgan fingerprint density at radius 1 is 1.23 bits per heavy atom. The molecule has 1 aliphatic rings. The first kappa shape index (κ1) is 22.2. The van der Waals surface area contributed by atoms with Gasteiger partial charge in [0.2, 0.25) is 0 Å². The fraction of sp³-hybridized carbons (Fsp3) is 0.227. The number of amidine groups is 1. The maximum absolute atomic E-state index is 12.3. The standard InChI is InChI=1S/C22H22N2O6S/c1-4-29-16-8-6-15(7-9-16)23-22-24-20(25)19(31-22)12-14-5-10-17(18(11-14)28-3)30-13(2)21(26)27/h5-13H,4H2,1-3H3,(H,26,27)(H,23,24,25). The molecular formula is C22H22N2O6S. The van der Waals surface area contributed by atoms with Crippen molar-refractivity contribution < 1.29 is 28.9 Å². The van der Waals surface area contributed by atoms with Crippen molar-refractivity contribution in [3.05, 3.63) is 52.9 Å². The summed E-state index contributed by atoms with van der Waals surface area (Å²) in [7, 11) is 1.46. The van der Waals surface area contributed by atoms with Crippen molar-refractivity contribution in [2.45, 2.75) is 20.0 Å². The van der Waals surface area contributed by atoms with Crippen LogP contribution in [-0.4, -0.2) is 42.0 Å². The van der Waals surface area contributed by atoms with Gasteiger partial charge in [0, 0.05) is 0 Å². The Labute approximate surface area is 183 Å². The summed E-state index contributed by atoms with van der Waals surface area (Å²) in [5.74, 6) is 0.101. The molecule has 0 saturated carbocycles. The number of carboxylic acid groups (broad SMARTS) is 1. The third-order valence-electron chi connectivity index (χ3n) is 4.17. The highest BCUT2D eigenvalue weighted by molar-refractivity contribution is 8.18. The first-order valence-electron chi connectivity index (χ1n) is 9.49. The monoisotopic (exact) mass is 442 g/mol. The van der Waals surface area contributed by atoms with Gasteiger partial charge in [0.05, 0.1) is 24.3 Å². The van der Waals surface area contributed by atoms with Crippen LogP contribution in [-0.2, 0) is 9.59 Å². The summed E-state index contributed by atoms with van der Waals surface area (Å²) in [5.41, 5.74) is 1.40. The van der Waals surface area contributed by atoms with Crippen molar-refractivity contribution in [1.29, 1.82) is 0 Å². The Hall–Kier alpha value is -3.46. The van der Waals surface area contributed by atoms with Gasteiger partial charge in [-0.3, -0.25) is 4.79 Å². The van der Waals surface area contributed by atoms with Gasteiger partial charge in [-0.2, -0.15) is 0 Å². The normalized spacial score (nSPS) is 16.8. The van der Waals surface area contributed by atoms with E-state index in [1.807, 2.05) is 31.2 Å². The van der Waals surface area contributed by atoms with E-state index in [1.54, 1.807) is 24.3 Å². The molecule has 3 rings (SSSR count). The van der Waals surface area contributed by atoms with Crippen molar-refractivity contribution in [1.82, 2.24) is 5.32 Å². The van der Waals surface area contributed by atoms with Crippen LogP contribution in [0.15, 0.2) is 52.4 Å². The number of hydrogen-bond acceptors (Lipinski definition) is 7.